The molecule has 0 heterocycles. The summed E-state index contributed by atoms with van der Waals surface area (Å²) in [7, 11) is 0. The molecule has 0 aliphatic carbocycles. The van der Waals surface area contributed by atoms with E-state index in [1.807, 2.05) is 0 Å². The van der Waals surface area contributed by atoms with Crippen molar-refractivity contribution in [3.63, 3.8) is 0 Å². The van der Waals surface area contributed by atoms with Crippen molar-refractivity contribution in [3.05, 3.63) is 63.9 Å². The molecule has 0 fully saturated rings. The van der Waals surface area contributed by atoms with Gasteiger partial charge in [-0.25, -0.2) is 9.18 Å². The number of hydrogen-bond donors (Lipinski definition) is 2. The number of nitrogens with one attached hydrogen (secondary N) is 1. The van der Waals surface area contributed by atoms with E-state index in [0.29, 0.717) is 10.7 Å². The largest absolute Gasteiger partial charge is 0.479 e. The fraction of sp³-hybridized carbons (Fsp3) is 0.0714. The standard InChI is InChI=1S/C14H10Cl2FNO2/c15-8-1-4-10(5-2-8)18-13(14(19)20)11-7-9(16)3-6-12(11)17/h1-7,13,18H,(H,19,20). The molecule has 2 rings (SSSR count). The second kappa shape index (κ2) is 6.11. The number of carboxylic acids is 1. The highest BCUT2D eigenvalue weighted by atomic mass is 35.5. The third-order valence-electron chi connectivity index (χ3n) is 2.67. The summed E-state index contributed by atoms with van der Waals surface area (Å²) in [5.74, 6) is -1.84. The Labute approximate surface area is 124 Å². The van der Waals surface area contributed by atoms with Crippen molar-refractivity contribution < 1.29 is 14.3 Å². The number of rotatable bonds is 4. The minimum absolute atomic E-state index is 0.0278. The van der Waals surface area contributed by atoms with Gasteiger partial charge in [0, 0.05) is 21.3 Å². The Kier molecular flexibility index (Phi) is 4.47. The Hall–Kier alpha value is -1.78. The lowest BCUT2D eigenvalue weighted by molar-refractivity contribution is -0.138. The first-order chi connectivity index (χ1) is 9.47. The molecule has 0 aliphatic rings. The predicted octanol–water partition coefficient (Wildman–Crippen LogP) is 4.37. The Balaban J connectivity index is 2.34. The summed E-state index contributed by atoms with van der Waals surface area (Å²) < 4.78 is 13.8. The molecule has 0 spiro atoms. The number of aliphatic carboxylic acids is 1. The molecule has 2 N–H and O–H groups in total. The van der Waals surface area contributed by atoms with Gasteiger partial charge in [0.2, 0.25) is 0 Å². The minimum Gasteiger partial charge on any atom is -0.479 e. The molecule has 0 radical (unpaired) electrons. The Morgan fingerprint density at radius 3 is 2.30 bits per heavy atom. The summed E-state index contributed by atoms with van der Waals surface area (Å²) in [4.78, 5) is 11.3. The topological polar surface area (TPSA) is 49.3 Å². The summed E-state index contributed by atoms with van der Waals surface area (Å²) in [5.41, 5.74) is 0.487. The maximum absolute atomic E-state index is 13.8. The molecule has 1 unspecified atom stereocenters. The number of carbonyl (C=O) groups is 1. The van der Waals surface area contributed by atoms with E-state index < -0.39 is 17.8 Å². The zero-order valence-corrected chi connectivity index (χ0v) is 11.6. The van der Waals surface area contributed by atoms with Gasteiger partial charge in [0.05, 0.1) is 0 Å². The van der Waals surface area contributed by atoms with Gasteiger partial charge >= 0.3 is 5.97 Å². The van der Waals surface area contributed by atoms with Crippen molar-refractivity contribution in [2.75, 3.05) is 5.32 Å². The van der Waals surface area contributed by atoms with Crippen LogP contribution in [0.25, 0.3) is 0 Å². The average Bonchev–Trinajstić information content (AvgIpc) is 2.41. The molecule has 3 nitrogen and oxygen atoms in total. The van der Waals surface area contributed by atoms with Crippen LogP contribution in [0.1, 0.15) is 11.6 Å². The fourth-order valence-corrected chi connectivity index (χ4v) is 2.03. The quantitative estimate of drug-likeness (QED) is 0.881. The predicted molar refractivity (Wildman–Crippen MR) is 76.9 cm³/mol. The first kappa shape index (κ1) is 14.6. The zero-order valence-electron chi connectivity index (χ0n) is 10.1. The second-order valence-corrected chi connectivity index (χ2v) is 4.96. The van der Waals surface area contributed by atoms with Crippen molar-refractivity contribution in [2.24, 2.45) is 0 Å². The highest BCUT2D eigenvalue weighted by Crippen LogP contribution is 2.26. The van der Waals surface area contributed by atoms with E-state index in [1.54, 1.807) is 24.3 Å². The highest BCUT2D eigenvalue weighted by molar-refractivity contribution is 6.31. The van der Waals surface area contributed by atoms with E-state index >= 15 is 0 Å². The van der Waals surface area contributed by atoms with Crippen molar-refractivity contribution in [3.8, 4) is 0 Å². The molecule has 2 aromatic carbocycles. The lowest BCUT2D eigenvalue weighted by Crippen LogP contribution is -2.21. The minimum atomic E-state index is -1.24. The number of hydrogen-bond acceptors (Lipinski definition) is 2. The van der Waals surface area contributed by atoms with Crippen molar-refractivity contribution >= 4 is 34.9 Å². The maximum atomic E-state index is 13.8. The number of halogens is 3. The molecule has 20 heavy (non-hydrogen) atoms. The molecule has 0 bridgehead atoms. The van der Waals surface area contributed by atoms with Gasteiger partial charge in [0.1, 0.15) is 5.82 Å². The van der Waals surface area contributed by atoms with Crippen molar-refractivity contribution in [2.45, 2.75) is 6.04 Å². The summed E-state index contributed by atoms with van der Waals surface area (Å²) in [6.07, 6.45) is 0. The molecule has 6 heteroatoms. The van der Waals surface area contributed by atoms with Crippen LogP contribution in [-0.2, 0) is 4.79 Å². The summed E-state index contributed by atoms with van der Waals surface area (Å²) in [5, 5.41) is 12.8. The molecule has 0 aliphatic heterocycles. The van der Waals surface area contributed by atoms with Crippen LogP contribution in [0.4, 0.5) is 10.1 Å². The third-order valence-corrected chi connectivity index (χ3v) is 3.16. The van der Waals surface area contributed by atoms with Crippen molar-refractivity contribution in [1.29, 1.82) is 0 Å². The fourth-order valence-electron chi connectivity index (χ4n) is 1.72. The van der Waals surface area contributed by atoms with E-state index in [0.717, 1.165) is 6.07 Å². The zero-order chi connectivity index (χ0) is 14.7. The first-order valence-corrected chi connectivity index (χ1v) is 6.43. The summed E-state index contributed by atoms with van der Waals surface area (Å²) >= 11 is 11.5. The summed E-state index contributed by atoms with van der Waals surface area (Å²) in [6, 6.07) is 8.99. The monoisotopic (exact) mass is 313 g/mol. The van der Waals surface area contributed by atoms with Gasteiger partial charge in [-0.1, -0.05) is 23.2 Å². The van der Waals surface area contributed by atoms with Gasteiger partial charge in [0.25, 0.3) is 0 Å². The number of anilines is 1. The van der Waals surface area contributed by atoms with Gasteiger partial charge in [-0.2, -0.15) is 0 Å². The van der Waals surface area contributed by atoms with Gasteiger partial charge in [0.15, 0.2) is 6.04 Å². The molecule has 0 saturated carbocycles. The van der Waals surface area contributed by atoms with E-state index in [9.17, 15) is 14.3 Å². The van der Waals surface area contributed by atoms with Crippen LogP contribution >= 0.6 is 23.2 Å². The molecule has 0 saturated heterocycles. The maximum Gasteiger partial charge on any atom is 0.330 e. The van der Waals surface area contributed by atoms with Crippen LogP contribution in [0.2, 0.25) is 10.0 Å². The van der Waals surface area contributed by atoms with Crippen LogP contribution in [0.5, 0.6) is 0 Å². The SMILES string of the molecule is O=C(O)C(Nc1ccc(Cl)cc1)c1cc(Cl)ccc1F. The van der Waals surface area contributed by atoms with E-state index in [1.165, 1.54) is 12.1 Å². The number of benzene rings is 2. The van der Waals surface area contributed by atoms with Crippen LogP contribution in [0.15, 0.2) is 42.5 Å². The van der Waals surface area contributed by atoms with Crippen LogP contribution in [0, 0.1) is 5.82 Å². The van der Waals surface area contributed by atoms with Crippen LogP contribution in [-0.4, -0.2) is 11.1 Å². The lowest BCUT2D eigenvalue weighted by atomic mass is 10.1. The van der Waals surface area contributed by atoms with Gasteiger partial charge < -0.3 is 10.4 Å². The van der Waals surface area contributed by atoms with E-state index in [-0.39, 0.29) is 10.6 Å². The Morgan fingerprint density at radius 1 is 1.10 bits per heavy atom. The molecule has 104 valence electrons. The lowest BCUT2D eigenvalue weighted by Gasteiger charge is -2.17. The third kappa shape index (κ3) is 3.40. The second-order valence-electron chi connectivity index (χ2n) is 4.09. The van der Waals surface area contributed by atoms with Crippen LogP contribution < -0.4 is 5.32 Å². The van der Waals surface area contributed by atoms with E-state index in [2.05, 4.69) is 5.32 Å². The Bertz CT molecular complexity index is 632. The molecular formula is C14H10Cl2FNO2. The van der Waals surface area contributed by atoms with Crippen molar-refractivity contribution in [1.82, 2.24) is 0 Å². The van der Waals surface area contributed by atoms with E-state index in [4.69, 9.17) is 23.2 Å². The highest BCUT2D eigenvalue weighted by Gasteiger charge is 2.23. The summed E-state index contributed by atoms with van der Waals surface area (Å²) in [6.45, 7) is 0. The van der Waals surface area contributed by atoms with Gasteiger partial charge in [-0.05, 0) is 42.5 Å². The normalized spacial score (nSPS) is 11.9. The smallest absolute Gasteiger partial charge is 0.330 e. The first-order valence-electron chi connectivity index (χ1n) is 5.67. The molecule has 0 amide bonds. The molecule has 0 aromatic heterocycles. The molecule has 2 aromatic rings. The van der Waals surface area contributed by atoms with Gasteiger partial charge in [-0.15, -0.1) is 0 Å². The van der Waals surface area contributed by atoms with Gasteiger partial charge in [-0.3, -0.25) is 0 Å². The van der Waals surface area contributed by atoms with Crippen LogP contribution in [0.3, 0.4) is 0 Å². The molecular weight excluding hydrogens is 304 g/mol. The Morgan fingerprint density at radius 2 is 1.70 bits per heavy atom. The molecule has 1 atom stereocenters. The average molecular weight is 314 g/mol. The number of carboxylic acid groups (broad SMARTS) is 1.